The van der Waals surface area contributed by atoms with E-state index in [1.54, 1.807) is 0 Å². The van der Waals surface area contributed by atoms with Gasteiger partial charge in [0.05, 0.1) is 79.7 Å². The summed E-state index contributed by atoms with van der Waals surface area (Å²) in [6.07, 6.45) is 2.59. The Kier molecular flexibility index (Phi) is 12.0. The third-order valence-corrected chi connectivity index (χ3v) is 5.06. The average molecular weight is 416 g/mol. The van der Waals surface area contributed by atoms with E-state index in [2.05, 4.69) is 11.9 Å². The molecule has 1 amide bonds. The molecule has 0 aliphatic carbocycles. The minimum absolute atomic E-state index is 0.00275. The van der Waals surface area contributed by atoms with Crippen molar-refractivity contribution in [3.05, 3.63) is 12.7 Å². The number of carbonyl (C=O) groups is 4. The van der Waals surface area contributed by atoms with E-state index in [0.717, 1.165) is 0 Å². The predicted molar refractivity (Wildman–Crippen MR) is 109 cm³/mol. The zero-order chi connectivity index (χ0) is 22.5. The number of carboxylic acids is 2. The molecule has 0 bridgehead atoms. The summed E-state index contributed by atoms with van der Waals surface area (Å²) >= 11 is 0. The standard InChI is InChI=1S/C20H35N3O6/c1-5-17(24)7-6-12-23(4,15-10-20(28)29)14-8-18(25)21-11-16-22(2,3)13-9-19(26)27/h5H,1,6-16H2,2-4H3,(H-2,21,25,26,27,28,29)/p+2. The Bertz CT molecular complexity index is 591. The molecule has 0 aliphatic heterocycles. The predicted octanol–water partition coefficient (Wildman–Crippen LogP) is 0.500. The van der Waals surface area contributed by atoms with Gasteiger partial charge in [0.2, 0.25) is 5.91 Å². The van der Waals surface area contributed by atoms with Gasteiger partial charge in [0.15, 0.2) is 5.78 Å². The third-order valence-electron chi connectivity index (χ3n) is 5.06. The smallest absolute Gasteiger partial charge is 0.309 e. The van der Waals surface area contributed by atoms with Gasteiger partial charge < -0.3 is 24.5 Å². The molecule has 9 nitrogen and oxygen atoms in total. The van der Waals surface area contributed by atoms with Crippen LogP contribution in [0.1, 0.15) is 32.1 Å². The van der Waals surface area contributed by atoms with Crippen LogP contribution in [-0.2, 0) is 19.2 Å². The van der Waals surface area contributed by atoms with E-state index in [9.17, 15) is 19.2 Å². The van der Waals surface area contributed by atoms with Gasteiger partial charge in [-0.2, -0.15) is 0 Å². The summed E-state index contributed by atoms with van der Waals surface area (Å²) in [6, 6.07) is 0. The van der Waals surface area contributed by atoms with Crippen LogP contribution in [0, 0.1) is 0 Å². The lowest BCUT2D eigenvalue weighted by Gasteiger charge is -2.34. The molecule has 0 aliphatic rings. The zero-order valence-corrected chi connectivity index (χ0v) is 18.0. The zero-order valence-electron chi connectivity index (χ0n) is 18.0. The molecule has 0 heterocycles. The van der Waals surface area contributed by atoms with Gasteiger partial charge in [-0.05, 0) is 6.08 Å². The van der Waals surface area contributed by atoms with Crippen LogP contribution in [0.15, 0.2) is 12.7 Å². The number of carbonyl (C=O) groups excluding carboxylic acids is 2. The first-order valence-corrected chi connectivity index (χ1v) is 9.90. The van der Waals surface area contributed by atoms with Crippen LogP contribution in [0.5, 0.6) is 0 Å². The summed E-state index contributed by atoms with van der Waals surface area (Å²) in [4.78, 5) is 45.2. The van der Waals surface area contributed by atoms with Crippen molar-refractivity contribution in [1.82, 2.24) is 5.32 Å². The van der Waals surface area contributed by atoms with Crippen molar-refractivity contribution in [2.75, 3.05) is 60.4 Å². The van der Waals surface area contributed by atoms with E-state index < -0.39 is 11.9 Å². The first-order chi connectivity index (χ1) is 13.4. The Morgan fingerprint density at radius 2 is 1.38 bits per heavy atom. The molecule has 0 aromatic carbocycles. The van der Waals surface area contributed by atoms with E-state index in [1.165, 1.54) is 6.08 Å². The largest absolute Gasteiger partial charge is 0.481 e. The van der Waals surface area contributed by atoms with Gasteiger partial charge in [0.1, 0.15) is 0 Å². The van der Waals surface area contributed by atoms with Gasteiger partial charge in [-0.3, -0.25) is 19.2 Å². The SMILES string of the molecule is C=CC(=O)CCC[N+](C)(CCC(=O)O)CCC(=O)NCC[N+](C)(C)CCC(=O)O. The summed E-state index contributed by atoms with van der Waals surface area (Å²) in [5.74, 6) is -1.89. The third kappa shape index (κ3) is 14.4. The number of ketones is 1. The van der Waals surface area contributed by atoms with Crippen molar-refractivity contribution in [2.24, 2.45) is 0 Å². The van der Waals surface area contributed by atoms with Gasteiger partial charge in [0.25, 0.3) is 0 Å². The van der Waals surface area contributed by atoms with Gasteiger partial charge in [0, 0.05) is 12.8 Å². The molecule has 0 radical (unpaired) electrons. The number of rotatable bonds is 17. The molecule has 0 aromatic rings. The maximum absolute atomic E-state index is 12.2. The van der Waals surface area contributed by atoms with Crippen molar-refractivity contribution in [1.29, 1.82) is 0 Å². The van der Waals surface area contributed by atoms with Gasteiger partial charge in [-0.25, -0.2) is 0 Å². The Balaban J connectivity index is 4.47. The quantitative estimate of drug-likeness (QED) is 0.235. The molecule has 1 atom stereocenters. The first kappa shape index (κ1) is 26.7. The number of nitrogens with zero attached hydrogens (tertiary/aromatic N) is 2. The molecule has 0 saturated carbocycles. The van der Waals surface area contributed by atoms with E-state index in [1.807, 2.05) is 21.1 Å². The second-order valence-electron chi connectivity index (χ2n) is 8.33. The highest BCUT2D eigenvalue weighted by atomic mass is 16.4. The van der Waals surface area contributed by atoms with Crippen LogP contribution in [-0.4, -0.2) is 103 Å². The number of aliphatic carboxylic acids is 2. The van der Waals surface area contributed by atoms with Crippen LogP contribution in [0.25, 0.3) is 0 Å². The van der Waals surface area contributed by atoms with Crippen molar-refractivity contribution < 1.29 is 38.4 Å². The lowest BCUT2D eigenvalue weighted by molar-refractivity contribution is -0.908. The van der Waals surface area contributed by atoms with E-state index in [0.29, 0.717) is 61.1 Å². The Morgan fingerprint density at radius 3 is 1.93 bits per heavy atom. The molecule has 0 saturated heterocycles. The van der Waals surface area contributed by atoms with Crippen LogP contribution < -0.4 is 5.32 Å². The minimum atomic E-state index is -0.887. The Morgan fingerprint density at radius 1 is 0.828 bits per heavy atom. The number of hydrogen-bond acceptors (Lipinski definition) is 4. The van der Waals surface area contributed by atoms with Crippen molar-refractivity contribution in [3.63, 3.8) is 0 Å². The highest BCUT2D eigenvalue weighted by Crippen LogP contribution is 2.10. The lowest BCUT2D eigenvalue weighted by Crippen LogP contribution is -2.49. The molecule has 29 heavy (non-hydrogen) atoms. The highest BCUT2D eigenvalue weighted by molar-refractivity contribution is 5.88. The monoisotopic (exact) mass is 415 g/mol. The minimum Gasteiger partial charge on any atom is -0.481 e. The van der Waals surface area contributed by atoms with Crippen LogP contribution >= 0.6 is 0 Å². The molecule has 9 heteroatoms. The molecule has 1 unspecified atom stereocenters. The average Bonchev–Trinajstić information content (AvgIpc) is 2.63. The first-order valence-electron chi connectivity index (χ1n) is 9.90. The molecular weight excluding hydrogens is 378 g/mol. The second-order valence-corrected chi connectivity index (χ2v) is 8.33. The van der Waals surface area contributed by atoms with Crippen molar-refractivity contribution in [3.8, 4) is 0 Å². The molecule has 0 rings (SSSR count). The summed E-state index contributed by atoms with van der Waals surface area (Å²) in [7, 11) is 5.74. The lowest BCUT2D eigenvalue weighted by atomic mass is 10.1. The van der Waals surface area contributed by atoms with Crippen molar-refractivity contribution in [2.45, 2.75) is 32.1 Å². The van der Waals surface area contributed by atoms with Crippen molar-refractivity contribution >= 4 is 23.6 Å². The Hall–Kier alpha value is -2.26. The van der Waals surface area contributed by atoms with E-state index in [-0.39, 0.29) is 31.0 Å². The second kappa shape index (κ2) is 13.1. The number of carboxylic acid groups (broad SMARTS) is 2. The fraction of sp³-hybridized carbons (Fsp3) is 0.700. The van der Waals surface area contributed by atoms with E-state index in [4.69, 9.17) is 10.2 Å². The maximum atomic E-state index is 12.2. The Labute approximate surface area is 173 Å². The van der Waals surface area contributed by atoms with Gasteiger partial charge >= 0.3 is 11.9 Å². The number of nitrogens with one attached hydrogen (secondary N) is 1. The number of amides is 1. The molecule has 0 aromatic heterocycles. The summed E-state index contributed by atoms with van der Waals surface area (Å²) in [5.41, 5.74) is 0. The highest BCUT2D eigenvalue weighted by Gasteiger charge is 2.24. The van der Waals surface area contributed by atoms with Crippen LogP contribution in [0.2, 0.25) is 0 Å². The van der Waals surface area contributed by atoms with Crippen LogP contribution in [0.3, 0.4) is 0 Å². The fourth-order valence-electron chi connectivity index (χ4n) is 2.91. The van der Waals surface area contributed by atoms with Crippen LogP contribution in [0.4, 0.5) is 0 Å². The topological polar surface area (TPSA) is 121 Å². The van der Waals surface area contributed by atoms with E-state index >= 15 is 0 Å². The fourth-order valence-corrected chi connectivity index (χ4v) is 2.91. The molecule has 166 valence electrons. The van der Waals surface area contributed by atoms with Gasteiger partial charge in [-0.1, -0.05) is 6.58 Å². The summed E-state index contributed by atoms with van der Waals surface area (Å²) in [5, 5.41) is 20.6. The number of quaternary nitrogens is 2. The molecule has 0 spiro atoms. The summed E-state index contributed by atoms with van der Waals surface area (Å²) in [6.45, 7) is 6.48. The van der Waals surface area contributed by atoms with Gasteiger partial charge in [-0.15, -0.1) is 0 Å². The number of allylic oxidation sites excluding steroid dienone is 1. The number of hydrogen-bond donors (Lipinski definition) is 3. The maximum Gasteiger partial charge on any atom is 0.309 e. The molecule has 0 fully saturated rings. The molecule has 3 N–H and O–H groups in total. The summed E-state index contributed by atoms with van der Waals surface area (Å²) < 4.78 is 0.903. The number of likely N-dealkylation sites (N-methyl/N-ethyl adjacent to an activating group) is 1. The molecular formula is C20H37N3O6+2. The normalized spacial score (nSPS) is 13.3.